The van der Waals surface area contributed by atoms with E-state index in [0.717, 1.165) is 10.5 Å². The minimum absolute atomic E-state index is 0.114. The maximum absolute atomic E-state index is 13.0. The van der Waals surface area contributed by atoms with Crippen LogP contribution in [-0.2, 0) is 4.79 Å². The number of nitrogens with zero attached hydrogens (tertiary/aromatic N) is 1. The third-order valence-electron chi connectivity index (χ3n) is 5.19. The summed E-state index contributed by atoms with van der Waals surface area (Å²) in [6, 6.07) is 23.7. The number of nitrogens with one attached hydrogen (secondary N) is 3. The van der Waals surface area contributed by atoms with Crippen LogP contribution in [0, 0.1) is 0 Å². The molecule has 8 heteroatoms. The average Bonchev–Trinajstić information content (AvgIpc) is 2.86. The Kier molecular flexibility index (Phi) is 5.50. The second kappa shape index (κ2) is 8.76. The summed E-state index contributed by atoms with van der Waals surface area (Å²) in [6.07, 6.45) is 0. The van der Waals surface area contributed by atoms with Gasteiger partial charge in [0.15, 0.2) is 0 Å². The number of aromatic nitrogens is 1. The lowest BCUT2D eigenvalue weighted by Gasteiger charge is -2.17. The molecule has 2 heterocycles. The Morgan fingerprint density at radius 3 is 2.48 bits per heavy atom. The van der Waals surface area contributed by atoms with Crippen molar-refractivity contribution < 1.29 is 14.4 Å². The first-order chi connectivity index (χ1) is 16.1. The molecular formula is C25H18N4O3S. The fourth-order valence-electron chi connectivity index (χ4n) is 3.60. The highest BCUT2D eigenvalue weighted by Gasteiger charge is 2.18. The summed E-state index contributed by atoms with van der Waals surface area (Å²) in [7, 11) is 0. The Morgan fingerprint density at radius 2 is 1.64 bits per heavy atom. The molecule has 0 saturated carbocycles. The molecule has 0 spiro atoms. The first-order valence-electron chi connectivity index (χ1n) is 10.2. The van der Waals surface area contributed by atoms with Crippen LogP contribution in [0.4, 0.5) is 5.69 Å². The zero-order valence-electron chi connectivity index (χ0n) is 17.3. The quantitative estimate of drug-likeness (QED) is 0.406. The Labute approximate surface area is 193 Å². The van der Waals surface area contributed by atoms with Gasteiger partial charge in [-0.2, -0.15) is 0 Å². The molecule has 33 heavy (non-hydrogen) atoms. The summed E-state index contributed by atoms with van der Waals surface area (Å²) in [4.78, 5) is 42.9. The van der Waals surface area contributed by atoms with Gasteiger partial charge in [0.2, 0.25) is 5.91 Å². The number of hydrazine groups is 1. The van der Waals surface area contributed by atoms with Crippen molar-refractivity contribution in [3.63, 3.8) is 0 Å². The van der Waals surface area contributed by atoms with E-state index < -0.39 is 11.8 Å². The first kappa shape index (κ1) is 20.7. The van der Waals surface area contributed by atoms with E-state index in [0.29, 0.717) is 39.2 Å². The number of rotatable bonds is 3. The second-order valence-electron chi connectivity index (χ2n) is 7.39. The van der Waals surface area contributed by atoms with Gasteiger partial charge >= 0.3 is 0 Å². The van der Waals surface area contributed by atoms with Crippen LogP contribution in [0.25, 0.3) is 22.2 Å². The number of hydrogen-bond donors (Lipinski definition) is 3. The van der Waals surface area contributed by atoms with E-state index in [2.05, 4.69) is 21.2 Å². The zero-order chi connectivity index (χ0) is 22.8. The zero-order valence-corrected chi connectivity index (χ0v) is 18.1. The Bertz CT molecular complexity index is 1410. The average molecular weight is 455 g/mol. The van der Waals surface area contributed by atoms with Crippen LogP contribution in [0.15, 0.2) is 83.8 Å². The van der Waals surface area contributed by atoms with Crippen molar-refractivity contribution in [2.75, 3.05) is 11.1 Å². The van der Waals surface area contributed by atoms with E-state index in [9.17, 15) is 14.4 Å². The van der Waals surface area contributed by atoms with Gasteiger partial charge in [0, 0.05) is 21.4 Å². The number of fused-ring (bicyclic) bond motifs is 2. The number of pyridine rings is 1. The molecule has 7 nitrogen and oxygen atoms in total. The van der Waals surface area contributed by atoms with E-state index >= 15 is 0 Å². The molecule has 1 aliphatic rings. The molecule has 3 aromatic carbocycles. The molecule has 0 radical (unpaired) electrons. The maximum Gasteiger partial charge on any atom is 0.270 e. The molecule has 1 aromatic heterocycles. The van der Waals surface area contributed by atoms with Crippen molar-refractivity contribution in [1.82, 2.24) is 15.8 Å². The predicted molar refractivity (Wildman–Crippen MR) is 128 cm³/mol. The summed E-state index contributed by atoms with van der Waals surface area (Å²) in [6.45, 7) is 0. The molecule has 3 amide bonds. The van der Waals surface area contributed by atoms with Gasteiger partial charge in [0.05, 0.1) is 28.2 Å². The molecule has 0 fully saturated rings. The van der Waals surface area contributed by atoms with E-state index in [4.69, 9.17) is 0 Å². The van der Waals surface area contributed by atoms with Gasteiger partial charge in [-0.25, -0.2) is 4.98 Å². The Hall–Kier alpha value is -4.17. The van der Waals surface area contributed by atoms with E-state index in [1.54, 1.807) is 24.3 Å². The number of hydrogen-bond acceptors (Lipinski definition) is 5. The van der Waals surface area contributed by atoms with Crippen molar-refractivity contribution >= 4 is 46.1 Å². The lowest BCUT2D eigenvalue weighted by molar-refractivity contribution is -0.113. The highest BCUT2D eigenvalue weighted by molar-refractivity contribution is 8.00. The van der Waals surface area contributed by atoms with Crippen LogP contribution >= 0.6 is 11.8 Å². The number of amides is 3. The van der Waals surface area contributed by atoms with Crippen LogP contribution in [0.1, 0.15) is 20.7 Å². The standard InChI is InChI=1S/C25H18N4O3S/c30-23-14-33-22-11-10-16(12-21(22)27-23)24(31)28-29-25(32)18-13-20(15-6-2-1-3-7-15)26-19-9-5-4-8-17(18)19/h1-13H,14H2,(H,27,30)(H,28,31)(H,29,32). The summed E-state index contributed by atoms with van der Waals surface area (Å²) in [5.74, 6) is -0.713. The Morgan fingerprint density at radius 1 is 0.879 bits per heavy atom. The van der Waals surface area contributed by atoms with Gasteiger partial charge in [-0.1, -0.05) is 48.5 Å². The van der Waals surface area contributed by atoms with E-state index in [1.165, 1.54) is 11.8 Å². The van der Waals surface area contributed by atoms with Crippen LogP contribution in [0.2, 0.25) is 0 Å². The molecule has 0 saturated heterocycles. The molecular weight excluding hydrogens is 436 g/mol. The van der Waals surface area contributed by atoms with Crippen molar-refractivity contribution in [3.05, 3.63) is 90.0 Å². The molecule has 4 aromatic rings. The summed E-state index contributed by atoms with van der Waals surface area (Å²) in [5.41, 5.74) is 8.49. The van der Waals surface area contributed by atoms with Crippen molar-refractivity contribution in [2.24, 2.45) is 0 Å². The molecule has 1 aliphatic heterocycles. The smallest absolute Gasteiger partial charge is 0.270 e. The van der Waals surface area contributed by atoms with Crippen molar-refractivity contribution in [1.29, 1.82) is 0 Å². The van der Waals surface area contributed by atoms with E-state index in [-0.39, 0.29) is 5.91 Å². The normalized spacial score (nSPS) is 12.5. The fourth-order valence-corrected chi connectivity index (χ4v) is 4.39. The molecule has 0 aliphatic carbocycles. The number of carbonyl (C=O) groups is 3. The largest absolute Gasteiger partial charge is 0.324 e. The third-order valence-corrected chi connectivity index (χ3v) is 6.27. The van der Waals surface area contributed by atoms with Gasteiger partial charge in [0.25, 0.3) is 11.8 Å². The molecule has 3 N–H and O–H groups in total. The molecule has 0 bridgehead atoms. The maximum atomic E-state index is 13.0. The van der Waals surface area contributed by atoms with Crippen LogP contribution in [-0.4, -0.2) is 28.5 Å². The van der Waals surface area contributed by atoms with Gasteiger partial charge in [-0.05, 0) is 30.3 Å². The van der Waals surface area contributed by atoms with Crippen LogP contribution in [0.3, 0.4) is 0 Å². The number of benzene rings is 3. The van der Waals surface area contributed by atoms with Crippen molar-refractivity contribution in [2.45, 2.75) is 4.90 Å². The minimum Gasteiger partial charge on any atom is -0.324 e. The van der Waals surface area contributed by atoms with Crippen LogP contribution < -0.4 is 16.2 Å². The predicted octanol–water partition coefficient (Wildman–Crippen LogP) is 4.02. The Balaban J connectivity index is 1.39. The van der Waals surface area contributed by atoms with Crippen LogP contribution in [0.5, 0.6) is 0 Å². The minimum atomic E-state index is -0.488. The van der Waals surface area contributed by atoms with Gasteiger partial charge in [-0.15, -0.1) is 11.8 Å². The fraction of sp³-hybridized carbons (Fsp3) is 0.0400. The number of para-hydroxylation sites is 1. The van der Waals surface area contributed by atoms with Gasteiger partial charge < -0.3 is 5.32 Å². The van der Waals surface area contributed by atoms with Gasteiger partial charge in [0.1, 0.15) is 0 Å². The highest BCUT2D eigenvalue weighted by atomic mass is 32.2. The monoisotopic (exact) mass is 454 g/mol. The number of thioether (sulfide) groups is 1. The number of carbonyl (C=O) groups excluding carboxylic acids is 3. The summed E-state index contributed by atoms with van der Waals surface area (Å²) in [5, 5.41) is 3.43. The summed E-state index contributed by atoms with van der Waals surface area (Å²) < 4.78 is 0. The summed E-state index contributed by atoms with van der Waals surface area (Å²) >= 11 is 1.41. The SMILES string of the molecule is O=C1CSc2ccc(C(=O)NNC(=O)c3cc(-c4ccccc4)nc4ccccc34)cc2N1. The molecule has 5 rings (SSSR count). The molecule has 0 atom stereocenters. The topological polar surface area (TPSA) is 100 Å². The second-order valence-corrected chi connectivity index (χ2v) is 8.41. The first-order valence-corrected chi connectivity index (χ1v) is 11.2. The number of anilines is 1. The molecule has 162 valence electrons. The van der Waals surface area contributed by atoms with Crippen molar-refractivity contribution in [3.8, 4) is 11.3 Å². The van der Waals surface area contributed by atoms with E-state index in [1.807, 2.05) is 54.6 Å². The highest BCUT2D eigenvalue weighted by Crippen LogP contribution is 2.32. The lowest BCUT2D eigenvalue weighted by atomic mass is 10.0. The third kappa shape index (κ3) is 4.28. The molecule has 0 unspecified atom stereocenters. The lowest BCUT2D eigenvalue weighted by Crippen LogP contribution is -2.41. The van der Waals surface area contributed by atoms with Gasteiger partial charge in [-0.3, -0.25) is 25.2 Å².